The van der Waals surface area contributed by atoms with Gasteiger partial charge in [-0.05, 0) is 43.3 Å². The van der Waals surface area contributed by atoms with Gasteiger partial charge in [-0.25, -0.2) is 0 Å². The Bertz CT molecular complexity index is 1060. The summed E-state index contributed by atoms with van der Waals surface area (Å²) in [7, 11) is 1.80. The molecule has 0 aliphatic carbocycles. The van der Waals surface area contributed by atoms with Gasteiger partial charge in [0.05, 0.1) is 10.8 Å². The highest BCUT2D eigenvalue weighted by molar-refractivity contribution is 7.99. The van der Waals surface area contributed by atoms with Gasteiger partial charge >= 0.3 is 0 Å². The van der Waals surface area contributed by atoms with Crippen molar-refractivity contribution in [2.45, 2.75) is 18.2 Å². The number of aromatic nitrogens is 3. The van der Waals surface area contributed by atoms with Gasteiger partial charge in [-0.3, -0.25) is 4.79 Å². The molecule has 30 heavy (non-hydrogen) atoms. The van der Waals surface area contributed by atoms with E-state index >= 15 is 0 Å². The second-order valence-corrected chi connectivity index (χ2v) is 8.89. The Hall–Kier alpha value is -1.64. The molecule has 1 heterocycles. The Morgan fingerprint density at radius 2 is 1.80 bits per heavy atom. The zero-order chi connectivity index (χ0) is 21.8. The number of ether oxygens (including phenoxy) is 1. The molecule has 1 N–H and O–H groups in total. The summed E-state index contributed by atoms with van der Waals surface area (Å²) in [5.41, 5.74) is 0.526. The predicted molar refractivity (Wildman–Crippen MR) is 122 cm³/mol. The molecule has 0 saturated heterocycles. The van der Waals surface area contributed by atoms with Gasteiger partial charge in [-0.15, -0.1) is 10.2 Å². The molecule has 0 aliphatic heterocycles. The van der Waals surface area contributed by atoms with Crippen molar-refractivity contribution in [3.63, 3.8) is 0 Å². The van der Waals surface area contributed by atoms with Crippen molar-refractivity contribution in [3.05, 3.63) is 62.3 Å². The highest BCUT2D eigenvalue weighted by Crippen LogP contribution is 2.31. The maximum atomic E-state index is 12.2. The molecule has 1 unspecified atom stereocenters. The number of nitrogens with zero attached hydrogens (tertiary/aromatic N) is 3. The van der Waals surface area contributed by atoms with Crippen LogP contribution in [0.4, 0.5) is 5.69 Å². The average molecular weight is 506 g/mol. The minimum absolute atomic E-state index is 0.133. The van der Waals surface area contributed by atoms with Crippen molar-refractivity contribution in [1.82, 2.24) is 14.8 Å². The molecule has 0 bridgehead atoms. The molecule has 1 aromatic heterocycles. The fourth-order valence-electron chi connectivity index (χ4n) is 2.57. The van der Waals surface area contributed by atoms with E-state index in [9.17, 15) is 4.79 Å². The minimum atomic E-state index is -0.419. The van der Waals surface area contributed by atoms with Crippen LogP contribution in [0.3, 0.4) is 0 Å². The standard InChI is InChI=1S/C19H16Cl4N4O2S/c1-10(29-16-4-3-11(20)8-15(16)23)18-25-26-19(27(18)2)30-9-17(28)24-14-6-12(21)5-13(22)7-14/h3-8,10H,9H2,1-2H3,(H,24,28). The molecule has 11 heteroatoms. The largest absolute Gasteiger partial charge is 0.481 e. The number of hydrogen-bond donors (Lipinski definition) is 1. The fourth-order valence-corrected chi connectivity index (χ4v) is 4.27. The first-order valence-corrected chi connectivity index (χ1v) is 11.1. The number of amides is 1. The van der Waals surface area contributed by atoms with Crippen LogP contribution in [0.2, 0.25) is 20.1 Å². The maximum Gasteiger partial charge on any atom is 0.234 e. The van der Waals surface area contributed by atoms with Crippen molar-refractivity contribution >= 4 is 69.8 Å². The van der Waals surface area contributed by atoms with Gasteiger partial charge < -0.3 is 14.6 Å². The van der Waals surface area contributed by atoms with Crippen LogP contribution in [0.1, 0.15) is 18.9 Å². The molecule has 0 radical (unpaired) electrons. The van der Waals surface area contributed by atoms with Crippen LogP contribution in [0.25, 0.3) is 0 Å². The van der Waals surface area contributed by atoms with Crippen molar-refractivity contribution in [2.24, 2.45) is 7.05 Å². The Morgan fingerprint density at radius 3 is 2.47 bits per heavy atom. The van der Waals surface area contributed by atoms with Gasteiger partial charge in [-0.1, -0.05) is 58.2 Å². The van der Waals surface area contributed by atoms with Crippen LogP contribution < -0.4 is 10.1 Å². The molecular weight excluding hydrogens is 490 g/mol. The molecule has 3 aromatic rings. The van der Waals surface area contributed by atoms with Crippen molar-refractivity contribution in [2.75, 3.05) is 11.1 Å². The Kier molecular flexibility index (Phi) is 7.76. The lowest BCUT2D eigenvalue weighted by Gasteiger charge is -2.15. The fraction of sp³-hybridized carbons (Fsp3) is 0.211. The van der Waals surface area contributed by atoms with E-state index in [0.29, 0.717) is 42.5 Å². The van der Waals surface area contributed by atoms with Gasteiger partial charge in [0.15, 0.2) is 17.1 Å². The summed E-state index contributed by atoms with van der Waals surface area (Å²) < 4.78 is 7.65. The number of thioether (sulfide) groups is 1. The highest BCUT2D eigenvalue weighted by atomic mass is 35.5. The molecule has 158 valence electrons. The van der Waals surface area contributed by atoms with E-state index in [1.807, 2.05) is 6.92 Å². The van der Waals surface area contributed by atoms with Crippen molar-refractivity contribution in [3.8, 4) is 5.75 Å². The zero-order valence-corrected chi connectivity index (χ0v) is 19.7. The molecule has 2 aromatic carbocycles. The average Bonchev–Trinajstić information content (AvgIpc) is 3.02. The van der Waals surface area contributed by atoms with Gasteiger partial charge in [0.25, 0.3) is 0 Å². The first kappa shape index (κ1) is 23.0. The Morgan fingerprint density at radius 1 is 1.10 bits per heavy atom. The second-order valence-electron chi connectivity index (χ2n) is 6.23. The normalized spacial score (nSPS) is 11.9. The summed E-state index contributed by atoms with van der Waals surface area (Å²) >= 11 is 25.2. The number of halogens is 4. The lowest BCUT2D eigenvalue weighted by molar-refractivity contribution is -0.113. The predicted octanol–water partition coefficient (Wildman–Crippen LogP) is 6.30. The second kappa shape index (κ2) is 10.1. The lowest BCUT2D eigenvalue weighted by Crippen LogP contribution is -2.15. The van der Waals surface area contributed by atoms with Crippen LogP contribution in [0, 0.1) is 0 Å². The molecular formula is C19H16Cl4N4O2S. The van der Waals surface area contributed by atoms with Crippen LogP contribution in [0.15, 0.2) is 41.6 Å². The van der Waals surface area contributed by atoms with E-state index in [2.05, 4.69) is 15.5 Å². The van der Waals surface area contributed by atoms with Crippen LogP contribution in [0.5, 0.6) is 5.75 Å². The van der Waals surface area contributed by atoms with E-state index in [1.54, 1.807) is 48.0 Å². The number of benzene rings is 2. The Labute approximate surface area is 197 Å². The zero-order valence-electron chi connectivity index (χ0n) is 15.8. The molecule has 0 fully saturated rings. The number of carbonyl (C=O) groups is 1. The first-order chi connectivity index (χ1) is 14.2. The molecule has 1 atom stereocenters. The third kappa shape index (κ3) is 5.95. The van der Waals surface area contributed by atoms with Gasteiger partial charge in [-0.2, -0.15) is 0 Å². The smallest absolute Gasteiger partial charge is 0.234 e. The molecule has 0 saturated carbocycles. The summed E-state index contributed by atoms with van der Waals surface area (Å²) in [6.07, 6.45) is -0.419. The Balaban J connectivity index is 1.61. The number of anilines is 1. The maximum absolute atomic E-state index is 12.2. The molecule has 3 rings (SSSR count). The lowest BCUT2D eigenvalue weighted by atomic mass is 10.3. The third-order valence-corrected chi connectivity index (χ3v) is 5.90. The van der Waals surface area contributed by atoms with E-state index in [1.165, 1.54) is 11.8 Å². The summed E-state index contributed by atoms with van der Waals surface area (Å²) in [6.45, 7) is 1.83. The topological polar surface area (TPSA) is 69.0 Å². The van der Waals surface area contributed by atoms with Crippen LogP contribution in [-0.2, 0) is 11.8 Å². The number of nitrogens with one attached hydrogen (secondary N) is 1. The van der Waals surface area contributed by atoms with Crippen molar-refractivity contribution in [1.29, 1.82) is 0 Å². The van der Waals surface area contributed by atoms with Gasteiger partial charge in [0.1, 0.15) is 5.75 Å². The van der Waals surface area contributed by atoms with E-state index < -0.39 is 6.10 Å². The van der Waals surface area contributed by atoms with E-state index in [4.69, 9.17) is 51.1 Å². The first-order valence-electron chi connectivity index (χ1n) is 8.62. The number of hydrogen-bond acceptors (Lipinski definition) is 5. The number of carbonyl (C=O) groups excluding carboxylic acids is 1. The summed E-state index contributed by atoms with van der Waals surface area (Å²) in [5.74, 6) is 0.991. The van der Waals surface area contributed by atoms with Gasteiger partial charge in [0, 0.05) is 27.8 Å². The van der Waals surface area contributed by atoms with E-state index in [-0.39, 0.29) is 11.7 Å². The molecule has 0 aliphatic rings. The number of rotatable bonds is 7. The summed E-state index contributed by atoms with van der Waals surface area (Å²) in [4.78, 5) is 12.2. The molecule has 0 spiro atoms. The van der Waals surface area contributed by atoms with E-state index in [0.717, 1.165) is 0 Å². The SMILES string of the molecule is CC(Oc1ccc(Cl)cc1Cl)c1nnc(SCC(=O)Nc2cc(Cl)cc(Cl)c2)n1C. The summed E-state index contributed by atoms with van der Waals surface area (Å²) in [6, 6.07) is 9.83. The van der Waals surface area contributed by atoms with Crippen molar-refractivity contribution < 1.29 is 9.53 Å². The monoisotopic (exact) mass is 504 g/mol. The van der Waals surface area contributed by atoms with Crippen LogP contribution >= 0.6 is 58.2 Å². The quantitative estimate of drug-likeness (QED) is 0.381. The molecule has 1 amide bonds. The molecule has 6 nitrogen and oxygen atoms in total. The third-order valence-electron chi connectivity index (χ3n) is 3.91. The van der Waals surface area contributed by atoms with Gasteiger partial charge in [0.2, 0.25) is 5.91 Å². The highest BCUT2D eigenvalue weighted by Gasteiger charge is 2.19. The van der Waals surface area contributed by atoms with Crippen LogP contribution in [-0.4, -0.2) is 26.4 Å². The summed E-state index contributed by atoms with van der Waals surface area (Å²) in [5, 5.41) is 13.5. The minimum Gasteiger partial charge on any atom is -0.481 e.